The van der Waals surface area contributed by atoms with E-state index in [2.05, 4.69) is 49.3 Å². The molecule has 0 aliphatic carbocycles. The second-order valence-electron chi connectivity index (χ2n) is 6.56. The van der Waals surface area contributed by atoms with Gasteiger partial charge in [0.2, 0.25) is 5.89 Å². The number of aryl methyl sites for hydroxylation is 2. The fourth-order valence-electron chi connectivity index (χ4n) is 3.06. The van der Waals surface area contributed by atoms with Crippen LogP contribution in [0.4, 0.5) is 0 Å². The molecule has 9 nitrogen and oxygen atoms in total. The molecule has 0 spiro atoms. The van der Waals surface area contributed by atoms with Crippen molar-refractivity contribution in [3.63, 3.8) is 0 Å². The molecule has 0 saturated carbocycles. The molecule has 0 radical (unpaired) electrons. The van der Waals surface area contributed by atoms with Gasteiger partial charge in [0.15, 0.2) is 11.6 Å². The van der Waals surface area contributed by atoms with E-state index in [0.717, 1.165) is 70.2 Å². The Morgan fingerprint density at radius 3 is 2.64 bits per heavy atom. The number of nitrogens with zero attached hydrogens (tertiary/aromatic N) is 8. The Morgan fingerprint density at radius 1 is 1.16 bits per heavy atom. The Hall–Kier alpha value is -1.87. The van der Waals surface area contributed by atoms with Crippen molar-refractivity contribution in [2.45, 2.75) is 59.2 Å². The molecule has 2 aromatic rings. The van der Waals surface area contributed by atoms with Gasteiger partial charge < -0.3 is 4.52 Å². The summed E-state index contributed by atoms with van der Waals surface area (Å²) in [6, 6.07) is 0.157. The van der Waals surface area contributed by atoms with Gasteiger partial charge in [0, 0.05) is 39.1 Å². The first-order valence-electron chi connectivity index (χ1n) is 9.25. The average molecular weight is 348 g/mol. The Balaban J connectivity index is 1.51. The molecule has 0 N–H and O–H groups in total. The number of piperazine rings is 1. The smallest absolute Gasteiger partial charge is 0.243 e. The topological polar surface area (TPSA) is 89.0 Å². The third-order valence-corrected chi connectivity index (χ3v) is 4.81. The van der Waals surface area contributed by atoms with Crippen LogP contribution in [-0.2, 0) is 19.5 Å². The van der Waals surface area contributed by atoms with Crippen LogP contribution in [-0.4, -0.2) is 66.3 Å². The van der Waals surface area contributed by atoms with Crippen LogP contribution in [0.1, 0.15) is 57.2 Å². The van der Waals surface area contributed by atoms with Gasteiger partial charge in [-0.25, -0.2) is 4.68 Å². The molecule has 2 aromatic heterocycles. The van der Waals surface area contributed by atoms with E-state index >= 15 is 0 Å². The van der Waals surface area contributed by atoms with Crippen molar-refractivity contribution in [3.05, 3.63) is 17.5 Å². The molecule has 3 rings (SSSR count). The fourth-order valence-corrected chi connectivity index (χ4v) is 3.06. The Bertz CT molecular complexity index is 646. The van der Waals surface area contributed by atoms with Crippen LogP contribution < -0.4 is 0 Å². The summed E-state index contributed by atoms with van der Waals surface area (Å²) < 4.78 is 7.32. The number of tetrazole rings is 1. The van der Waals surface area contributed by atoms with Gasteiger partial charge in [0.25, 0.3) is 0 Å². The monoisotopic (exact) mass is 348 g/mol. The summed E-state index contributed by atoms with van der Waals surface area (Å²) in [4.78, 5) is 9.26. The molecule has 1 saturated heterocycles. The van der Waals surface area contributed by atoms with Gasteiger partial charge in [0.1, 0.15) is 0 Å². The molecule has 1 aliphatic heterocycles. The minimum Gasteiger partial charge on any atom is -0.338 e. The highest BCUT2D eigenvalue weighted by Crippen LogP contribution is 2.20. The molecule has 138 valence electrons. The summed E-state index contributed by atoms with van der Waals surface area (Å²) in [5, 5.41) is 16.1. The van der Waals surface area contributed by atoms with Gasteiger partial charge in [0.05, 0.1) is 12.6 Å². The second kappa shape index (κ2) is 8.48. The SMILES string of the molecule is CCCCn1nnnc1CN1CCN([C@@H](C)c2nc(CC)no2)CC1. The van der Waals surface area contributed by atoms with Crippen molar-refractivity contribution in [1.82, 2.24) is 40.1 Å². The van der Waals surface area contributed by atoms with Gasteiger partial charge in [-0.2, -0.15) is 4.98 Å². The maximum Gasteiger partial charge on any atom is 0.243 e. The summed E-state index contributed by atoms with van der Waals surface area (Å²) >= 11 is 0. The van der Waals surface area contributed by atoms with Crippen LogP contribution >= 0.6 is 0 Å². The second-order valence-corrected chi connectivity index (χ2v) is 6.56. The Kier molecular flexibility index (Phi) is 6.09. The van der Waals surface area contributed by atoms with E-state index in [9.17, 15) is 0 Å². The fraction of sp³-hybridized carbons (Fsp3) is 0.812. The van der Waals surface area contributed by atoms with Crippen molar-refractivity contribution >= 4 is 0 Å². The van der Waals surface area contributed by atoms with Crippen LogP contribution in [0.2, 0.25) is 0 Å². The lowest BCUT2D eigenvalue weighted by atomic mass is 10.2. The predicted molar refractivity (Wildman–Crippen MR) is 91.7 cm³/mol. The molecule has 0 amide bonds. The van der Waals surface area contributed by atoms with Crippen molar-refractivity contribution in [1.29, 1.82) is 0 Å². The molecule has 25 heavy (non-hydrogen) atoms. The summed E-state index contributed by atoms with van der Waals surface area (Å²) in [6.45, 7) is 12.0. The number of hydrogen-bond acceptors (Lipinski definition) is 8. The van der Waals surface area contributed by atoms with Crippen molar-refractivity contribution in [2.75, 3.05) is 26.2 Å². The highest BCUT2D eigenvalue weighted by Gasteiger charge is 2.26. The first kappa shape index (κ1) is 17.9. The maximum absolute atomic E-state index is 5.39. The third kappa shape index (κ3) is 4.40. The molecular formula is C16H28N8O. The standard InChI is InChI=1S/C16H28N8O/c1-4-6-7-24-15(18-20-21-24)12-22-8-10-23(11-9-22)13(3)16-17-14(5-2)19-25-16/h13H,4-12H2,1-3H3/t13-/m0/s1. The maximum atomic E-state index is 5.39. The van der Waals surface area contributed by atoms with Crippen LogP contribution in [0.15, 0.2) is 4.52 Å². The number of aromatic nitrogens is 6. The van der Waals surface area contributed by atoms with E-state index in [1.54, 1.807) is 0 Å². The van der Waals surface area contributed by atoms with Crippen molar-refractivity contribution in [2.24, 2.45) is 0 Å². The molecule has 1 fully saturated rings. The van der Waals surface area contributed by atoms with Crippen LogP contribution in [0.25, 0.3) is 0 Å². The normalized spacial score (nSPS) is 17.9. The van der Waals surface area contributed by atoms with Crippen LogP contribution in [0, 0.1) is 0 Å². The lowest BCUT2D eigenvalue weighted by molar-refractivity contribution is 0.0822. The highest BCUT2D eigenvalue weighted by molar-refractivity contribution is 4.93. The van der Waals surface area contributed by atoms with Gasteiger partial charge in [-0.15, -0.1) is 5.10 Å². The highest BCUT2D eigenvalue weighted by atomic mass is 16.5. The molecule has 1 atom stereocenters. The quantitative estimate of drug-likeness (QED) is 0.705. The van der Waals surface area contributed by atoms with Gasteiger partial charge >= 0.3 is 0 Å². The number of hydrogen-bond donors (Lipinski definition) is 0. The molecule has 9 heteroatoms. The average Bonchev–Trinajstić information content (AvgIpc) is 3.29. The summed E-state index contributed by atoms with van der Waals surface area (Å²) in [5.41, 5.74) is 0. The van der Waals surface area contributed by atoms with E-state index in [1.165, 1.54) is 0 Å². The number of rotatable bonds is 8. The van der Waals surface area contributed by atoms with Crippen molar-refractivity contribution in [3.8, 4) is 0 Å². The van der Waals surface area contributed by atoms with E-state index in [1.807, 2.05) is 11.6 Å². The van der Waals surface area contributed by atoms with Crippen LogP contribution in [0.3, 0.4) is 0 Å². The zero-order valence-electron chi connectivity index (χ0n) is 15.4. The van der Waals surface area contributed by atoms with E-state index in [-0.39, 0.29) is 6.04 Å². The zero-order valence-corrected chi connectivity index (χ0v) is 15.4. The minimum absolute atomic E-state index is 0.157. The lowest BCUT2D eigenvalue weighted by Crippen LogP contribution is -2.47. The molecule has 0 bridgehead atoms. The Labute approximate surface area is 148 Å². The first-order chi connectivity index (χ1) is 12.2. The Morgan fingerprint density at radius 2 is 1.96 bits per heavy atom. The number of unbranched alkanes of at least 4 members (excludes halogenated alkanes) is 1. The van der Waals surface area contributed by atoms with Crippen LogP contribution in [0.5, 0.6) is 0 Å². The molecule has 0 unspecified atom stereocenters. The van der Waals surface area contributed by atoms with Gasteiger partial charge in [-0.3, -0.25) is 9.80 Å². The predicted octanol–water partition coefficient (Wildman–Crippen LogP) is 1.30. The van der Waals surface area contributed by atoms with E-state index < -0.39 is 0 Å². The van der Waals surface area contributed by atoms with Gasteiger partial charge in [-0.05, 0) is 23.8 Å². The molecular weight excluding hydrogens is 320 g/mol. The largest absolute Gasteiger partial charge is 0.338 e. The third-order valence-electron chi connectivity index (χ3n) is 4.81. The van der Waals surface area contributed by atoms with E-state index in [0.29, 0.717) is 5.89 Å². The summed E-state index contributed by atoms with van der Waals surface area (Å²) in [6.07, 6.45) is 3.05. The molecule has 3 heterocycles. The molecule has 1 aliphatic rings. The van der Waals surface area contributed by atoms with E-state index in [4.69, 9.17) is 4.52 Å². The van der Waals surface area contributed by atoms with Crippen molar-refractivity contribution < 1.29 is 4.52 Å². The zero-order chi connectivity index (χ0) is 17.6. The minimum atomic E-state index is 0.157. The first-order valence-corrected chi connectivity index (χ1v) is 9.25. The summed E-state index contributed by atoms with van der Waals surface area (Å²) in [7, 11) is 0. The lowest BCUT2D eigenvalue weighted by Gasteiger charge is -2.36. The van der Waals surface area contributed by atoms with Gasteiger partial charge in [-0.1, -0.05) is 25.4 Å². The molecule has 0 aromatic carbocycles. The summed E-state index contributed by atoms with van der Waals surface area (Å²) in [5.74, 6) is 2.45.